The Morgan fingerprint density at radius 2 is 1.86 bits per heavy atom. The third-order valence-electron chi connectivity index (χ3n) is 3.53. The third-order valence-corrected chi connectivity index (χ3v) is 3.53. The maximum atomic E-state index is 5.95. The fourth-order valence-corrected chi connectivity index (χ4v) is 2.29. The lowest BCUT2D eigenvalue weighted by atomic mass is 10.0. The van der Waals surface area contributed by atoms with Gasteiger partial charge in [-0.3, -0.25) is 0 Å². The van der Waals surface area contributed by atoms with Crippen molar-refractivity contribution in [1.29, 1.82) is 0 Å². The molecule has 0 saturated heterocycles. The average Bonchev–Trinajstić information content (AvgIpc) is 2.53. The Hall–Kier alpha value is -2.20. The van der Waals surface area contributed by atoms with Crippen LogP contribution in [-0.4, -0.2) is 20.8 Å². The zero-order valence-electron chi connectivity index (χ0n) is 12.7. The Kier molecular flexibility index (Phi) is 5.06. The molecule has 0 aromatic heterocycles. The minimum absolute atomic E-state index is 0.0213. The van der Waals surface area contributed by atoms with Crippen LogP contribution in [0.4, 0.5) is 5.69 Å². The van der Waals surface area contributed by atoms with Crippen LogP contribution >= 0.6 is 0 Å². The number of para-hydroxylation sites is 1. The van der Waals surface area contributed by atoms with E-state index >= 15 is 0 Å². The average molecular weight is 286 g/mol. The number of nitrogens with two attached hydrogens (primary N) is 1. The van der Waals surface area contributed by atoms with Crippen LogP contribution in [0, 0.1) is 6.92 Å². The van der Waals surface area contributed by atoms with Gasteiger partial charge < -0.3 is 20.5 Å². The van der Waals surface area contributed by atoms with Crippen molar-refractivity contribution in [3.05, 3.63) is 53.6 Å². The molecule has 3 N–H and O–H groups in total. The molecule has 4 heteroatoms. The Morgan fingerprint density at radius 3 is 2.48 bits per heavy atom. The summed E-state index contributed by atoms with van der Waals surface area (Å²) in [6, 6.07) is 13.9. The Morgan fingerprint density at radius 1 is 1.10 bits per heavy atom. The van der Waals surface area contributed by atoms with Crippen LogP contribution < -0.4 is 20.5 Å². The van der Waals surface area contributed by atoms with Gasteiger partial charge >= 0.3 is 0 Å². The van der Waals surface area contributed by atoms with Crippen molar-refractivity contribution in [2.45, 2.75) is 13.0 Å². The standard InChI is InChI=1S/C17H22N2O2/c1-12-6-4-5-7-15(12)19-16(11-18)14-9-8-13(20-2)10-17(14)21-3/h4-10,16,19H,11,18H2,1-3H3. The number of nitrogens with one attached hydrogen (secondary N) is 1. The lowest BCUT2D eigenvalue weighted by Gasteiger charge is -2.22. The lowest BCUT2D eigenvalue weighted by Crippen LogP contribution is -2.21. The number of rotatable bonds is 6. The van der Waals surface area contributed by atoms with Gasteiger partial charge in [0.1, 0.15) is 11.5 Å². The summed E-state index contributed by atoms with van der Waals surface area (Å²) in [7, 11) is 3.29. The van der Waals surface area contributed by atoms with Gasteiger partial charge in [-0.15, -0.1) is 0 Å². The van der Waals surface area contributed by atoms with Gasteiger partial charge in [0.15, 0.2) is 0 Å². The van der Waals surface area contributed by atoms with E-state index in [2.05, 4.69) is 18.3 Å². The van der Waals surface area contributed by atoms with Crippen LogP contribution in [0.3, 0.4) is 0 Å². The van der Waals surface area contributed by atoms with E-state index in [1.54, 1.807) is 14.2 Å². The minimum atomic E-state index is -0.0213. The second kappa shape index (κ2) is 6.99. The normalized spacial score (nSPS) is 11.8. The summed E-state index contributed by atoms with van der Waals surface area (Å²) < 4.78 is 10.7. The second-order valence-corrected chi connectivity index (χ2v) is 4.86. The molecular weight excluding hydrogens is 264 g/mol. The van der Waals surface area contributed by atoms with Crippen molar-refractivity contribution >= 4 is 5.69 Å². The molecule has 21 heavy (non-hydrogen) atoms. The van der Waals surface area contributed by atoms with E-state index < -0.39 is 0 Å². The van der Waals surface area contributed by atoms with Crippen LogP contribution in [0.2, 0.25) is 0 Å². The third kappa shape index (κ3) is 3.47. The SMILES string of the molecule is COc1ccc(C(CN)Nc2ccccc2C)c(OC)c1. The molecule has 0 aliphatic rings. The zero-order chi connectivity index (χ0) is 15.2. The van der Waals surface area contributed by atoms with E-state index in [0.29, 0.717) is 6.54 Å². The van der Waals surface area contributed by atoms with E-state index in [9.17, 15) is 0 Å². The molecular formula is C17H22N2O2. The summed E-state index contributed by atoms with van der Waals surface area (Å²) in [6.45, 7) is 2.54. The Balaban J connectivity index is 2.31. The van der Waals surface area contributed by atoms with Crippen molar-refractivity contribution in [2.24, 2.45) is 5.73 Å². The number of anilines is 1. The molecule has 1 unspecified atom stereocenters. The number of ether oxygens (including phenoxy) is 2. The highest BCUT2D eigenvalue weighted by molar-refractivity contribution is 5.54. The first-order valence-corrected chi connectivity index (χ1v) is 6.93. The van der Waals surface area contributed by atoms with Gasteiger partial charge in [-0.05, 0) is 30.7 Å². The van der Waals surface area contributed by atoms with Crippen LogP contribution in [0.1, 0.15) is 17.2 Å². The first-order valence-electron chi connectivity index (χ1n) is 6.93. The maximum Gasteiger partial charge on any atom is 0.127 e. The predicted molar refractivity (Wildman–Crippen MR) is 86.1 cm³/mol. The van der Waals surface area contributed by atoms with Gasteiger partial charge in [0.2, 0.25) is 0 Å². The quantitative estimate of drug-likeness (QED) is 0.856. The first-order chi connectivity index (χ1) is 10.2. The predicted octanol–water partition coefficient (Wildman–Crippen LogP) is 3.12. The van der Waals surface area contributed by atoms with E-state index in [1.165, 1.54) is 5.56 Å². The smallest absolute Gasteiger partial charge is 0.127 e. The van der Waals surface area contributed by atoms with Gasteiger partial charge in [0, 0.05) is 23.9 Å². The van der Waals surface area contributed by atoms with Gasteiger partial charge in [-0.25, -0.2) is 0 Å². The van der Waals surface area contributed by atoms with E-state index in [0.717, 1.165) is 22.7 Å². The van der Waals surface area contributed by atoms with Crippen molar-refractivity contribution in [3.8, 4) is 11.5 Å². The van der Waals surface area contributed by atoms with Gasteiger partial charge in [-0.2, -0.15) is 0 Å². The summed E-state index contributed by atoms with van der Waals surface area (Å²) in [4.78, 5) is 0. The first kappa shape index (κ1) is 15.2. The van der Waals surface area contributed by atoms with Gasteiger partial charge in [-0.1, -0.05) is 18.2 Å². The van der Waals surface area contributed by atoms with Crippen LogP contribution in [0.5, 0.6) is 11.5 Å². The van der Waals surface area contributed by atoms with E-state index in [-0.39, 0.29) is 6.04 Å². The molecule has 0 bridgehead atoms. The van der Waals surface area contributed by atoms with Gasteiger partial charge in [0.05, 0.1) is 20.3 Å². The molecule has 2 aromatic rings. The van der Waals surface area contributed by atoms with Crippen molar-refractivity contribution in [3.63, 3.8) is 0 Å². The van der Waals surface area contributed by atoms with Crippen LogP contribution in [0.15, 0.2) is 42.5 Å². The second-order valence-electron chi connectivity index (χ2n) is 4.86. The topological polar surface area (TPSA) is 56.5 Å². The maximum absolute atomic E-state index is 5.95. The number of aryl methyl sites for hydroxylation is 1. The monoisotopic (exact) mass is 286 g/mol. The molecule has 0 saturated carbocycles. The van der Waals surface area contributed by atoms with Crippen molar-refractivity contribution in [2.75, 3.05) is 26.1 Å². The molecule has 0 radical (unpaired) electrons. The molecule has 4 nitrogen and oxygen atoms in total. The highest BCUT2D eigenvalue weighted by atomic mass is 16.5. The molecule has 2 aromatic carbocycles. The Labute approximate surface area is 125 Å². The zero-order valence-corrected chi connectivity index (χ0v) is 12.7. The van der Waals surface area contributed by atoms with E-state index in [1.807, 2.05) is 36.4 Å². The molecule has 0 aliphatic heterocycles. The molecule has 0 amide bonds. The van der Waals surface area contributed by atoms with Crippen LogP contribution in [-0.2, 0) is 0 Å². The molecule has 0 fully saturated rings. The van der Waals surface area contributed by atoms with Gasteiger partial charge in [0.25, 0.3) is 0 Å². The van der Waals surface area contributed by atoms with E-state index in [4.69, 9.17) is 15.2 Å². The fourth-order valence-electron chi connectivity index (χ4n) is 2.29. The number of benzene rings is 2. The largest absolute Gasteiger partial charge is 0.497 e. The molecule has 1 atom stereocenters. The molecule has 112 valence electrons. The minimum Gasteiger partial charge on any atom is -0.497 e. The summed E-state index contributed by atoms with van der Waals surface area (Å²) in [6.07, 6.45) is 0. The number of hydrogen-bond donors (Lipinski definition) is 2. The molecule has 0 spiro atoms. The Bertz CT molecular complexity index is 599. The molecule has 0 aliphatic carbocycles. The number of methoxy groups -OCH3 is 2. The summed E-state index contributed by atoms with van der Waals surface area (Å²) in [5.74, 6) is 1.54. The lowest BCUT2D eigenvalue weighted by molar-refractivity contribution is 0.389. The molecule has 0 heterocycles. The molecule has 2 rings (SSSR count). The fraction of sp³-hybridized carbons (Fsp3) is 0.294. The van der Waals surface area contributed by atoms with Crippen molar-refractivity contribution in [1.82, 2.24) is 0 Å². The highest BCUT2D eigenvalue weighted by Crippen LogP contribution is 2.31. The number of hydrogen-bond acceptors (Lipinski definition) is 4. The van der Waals surface area contributed by atoms with Crippen LogP contribution in [0.25, 0.3) is 0 Å². The van der Waals surface area contributed by atoms with Crippen molar-refractivity contribution < 1.29 is 9.47 Å². The highest BCUT2D eigenvalue weighted by Gasteiger charge is 2.16. The summed E-state index contributed by atoms with van der Waals surface area (Å²) in [5, 5.41) is 3.48. The summed E-state index contributed by atoms with van der Waals surface area (Å²) in [5.41, 5.74) is 9.22. The summed E-state index contributed by atoms with van der Waals surface area (Å²) >= 11 is 0.